The topological polar surface area (TPSA) is 65.1 Å². The molecule has 1 saturated heterocycles. The van der Waals surface area contributed by atoms with Crippen molar-refractivity contribution in [3.8, 4) is 11.5 Å². The number of amides is 1. The molecule has 2 rings (SSSR count). The van der Waals surface area contributed by atoms with Gasteiger partial charge in [0.25, 0.3) is 5.91 Å². The second kappa shape index (κ2) is 10.4. The van der Waals surface area contributed by atoms with E-state index in [1.807, 2.05) is 20.8 Å². The summed E-state index contributed by atoms with van der Waals surface area (Å²) in [4.78, 5) is 26.0. The maximum Gasteiger partial charge on any atom is 0.331 e. The Bertz CT molecular complexity index is 732. The minimum atomic E-state index is -0.587. The van der Waals surface area contributed by atoms with Crippen LogP contribution < -0.4 is 9.47 Å². The van der Waals surface area contributed by atoms with Crippen LogP contribution in [0.4, 0.5) is 0 Å². The second-order valence-electron chi connectivity index (χ2n) is 7.07. The van der Waals surface area contributed by atoms with Gasteiger partial charge < -0.3 is 19.1 Å². The predicted molar refractivity (Wildman–Crippen MR) is 109 cm³/mol. The molecule has 0 N–H and O–H groups in total. The summed E-state index contributed by atoms with van der Waals surface area (Å²) in [5.74, 6) is 0.188. The standard InChI is InChI=1S/C21H28ClNO5/c1-14(2)28-21-17(22)11-16(12-18(21)26-4)8-9-20(25)27-13-19(24)23-10-6-5-7-15(23)3/h8-9,11-12,14-15H,5-7,10,13H2,1-4H3/b9-8+/t15-/m0/s1. The molecule has 7 heteroatoms. The highest BCUT2D eigenvalue weighted by molar-refractivity contribution is 6.32. The molecule has 28 heavy (non-hydrogen) atoms. The molecule has 0 radical (unpaired) electrons. The first-order valence-electron chi connectivity index (χ1n) is 9.50. The Hall–Kier alpha value is -2.21. The first kappa shape index (κ1) is 22.1. The molecule has 0 aromatic heterocycles. The molecule has 1 heterocycles. The van der Waals surface area contributed by atoms with E-state index < -0.39 is 5.97 Å². The fraction of sp³-hybridized carbons (Fsp3) is 0.524. The molecule has 1 amide bonds. The average Bonchev–Trinajstić information content (AvgIpc) is 2.66. The highest BCUT2D eigenvalue weighted by atomic mass is 35.5. The lowest BCUT2D eigenvalue weighted by molar-refractivity contribution is -0.149. The van der Waals surface area contributed by atoms with Gasteiger partial charge in [-0.3, -0.25) is 4.79 Å². The van der Waals surface area contributed by atoms with Crippen molar-refractivity contribution in [1.82, 2.24) is 4.90 Å². The van der Waals surface area contributed by atoms with Crippen molar-refractivity contribution < 1.29 is 23.8 Å². The van der Waals surface area contributed by atoms with Crippen molar-refractivity contribution in [2.45, 2.75) is 52.2 Å². The maximum atomic E-state index is 12.2. The minimum absolute atomic E-state index is 0.0528. The third-order valence-electron chi connectivity index (χ3n) is 4.48. The van der Waals surface area contributed by atoms with Crippen LogP contribution >= 0.6 is 11.6 Å². The molecule has 1 aliphatic rings. The molecule has 1 fully saturated rings. The number of halogens is 1. The van der Waals surface area contributed by atoms with Gasteiger partial charge in [0.05, 0.1) is 18.2 Å². The number of methoxy groups -OCH3 is 1. The zero-order valence-corrected chi connectivity index (χ0v) is 17.6. The maximum absolute atomic E-state index is 12.2. The number of likely N-dealkylation sites (tertiary alicyclic amines) is 1. The van der Waals surface area contributed by atoms with Crippen LogP contribution in [0.15, 0.2) is 18.2 Å². The number of hydrogen-bond acceptors (Lipinski definition) is 5. The lowest BCUT2D eigenvalue weighted by Gasteiger charge is -2.33. The van der Waals surface area contributed by atoms with Gasteiger partial charge in [0.1, 0.15) is 0 Å². The summed E-state index contributed by atoms with van der Waals surface area (Å²) in [6, 6.07) is 3.58. The van der Waals surface area contributed by atoms with Crippen LogP contribution in [0, 0.1) is 0 Å². The number of carbonyl (C=O) groups excluding carboxylic acids is 2. The fourth-order valence-corrected chi connectivity index (χ4v) is 3.35. The SMILES string of the molecule is COc1cc(/C=C/C(=O)OCC(=O)N2CCCC[C@@H]2C)cc(Cl)c1OC(C)C. The molecular weight excluding hydrogens is 382 g/mol. The number of esters is 1. The summed E-state index contributed by atoms with van der Waals surface area (Å²) in [7, 11) is 1.52. The summed E-state index contributed by atoms with van der Waals surface area (Å²) >= 11 is 6.27. The van der Waals surface area contributed by atoms with Gasteiger partial charge in [0.15, 0.2) is 18.1 Å². The number of ether oxygens (including phenoxy) is 3. The van der Waals surface area contributed by atoms with E-state index in [-0.39, 0.29) is 24.7 Å². The molecule has 1 aliphatic heterocycles. The van der Waals surface area contributed by atoms with Crippen LogP contribution in [0.2, 0.25) is 5.02 Å². The molecule has 154 valence electrons. The summed E-state index contributed by atoms with van der Waals surface area (Å²) < 4.78 is 16.1. The van der Waals surface area contributed by atoms with E-state index in [1.54, 1.807) is 23.1 Å². The molecule has 1 atom stereocenters. The van der Waals surface area contributed by atoms with Crippen LogP contribution in [0.1, 0.15) is 45.6 Å². The normalized spacial score (nSPS) is 17.1. The van der Waals surface area contributed by atoms with Crippen LogP contribution in [0.3, 0.4) is 0 Å². The quantitative estimate of drug-likeness (QED) is 0.501. The molecule has 0 unspecified atom stereocenters. The highest BCUT2D eigenvalue weighted by Crippen LogP contribution is 2.37. The van der Waals surface area contributed by atoms with Gasteiger partial charge in [-0.2, -0.15) is 0 Å². The highest BCUT2D eigenvalue weighted by Gasteiger charge is 2.23. The van der Waals surface area contributed by atoms with E-state index in [2.05, 4.69) is 0 Å². The van der Waals surface area contributed by atoms with E-state index in [1.165, 1.54) is 13.2 Å². The van der Waals surface area contributed by atoms with E-state index >= 15 is 0 Å². The lowest BCUT2D eigenvalue weighted by atomic mass is 10.0. The largest absolute Gasteiger partial charge is 0.493 e. The molecular formula is C21H28ClNO5. The molecule has 0 spiro atoms. The van der Waals surface area contributed by atoms with Crippen molar-refractivity contribution in [3.05, 3.63) is 28.8 Å². The number of carbonyl (C=O) groups is 2. The third-order valence-corrected chi connectivity index (χ3v) is 4.76. The summed E-state index contributed by atoms with van der Waals surface area (Å²) in [5.41, 5.74) is 0.658. The number of piperidine rings is 1. The Balaban J connectivity index is 1.96. The van der Waals surface area contributed by atoms with E-state index in [0.717, 1.165) is 25.8 Å². The zero-order valence-electron chi connectivity index (χ0n) is 16.9. The minimum Gasteiger partial charge on any atom is -0.493 e. The van der Waals surface area contributed by atoms with Gasteiger partial charge in [0.2, 0.25) is 0 Å². The average molecular weight is 410 g/mol. The molecule has 1 aromatic rings. The van der Waals surface area contributed by atoms with Crippen molar-refractivity contribution in [2.24, 2.45) is 0 Å². The number of nitrogens with zero attached hydrogens (tertiary/aromatic N) is 1. The monoisotopic (exact) mass is 409 g/mol. The van der Waals surface area contributed by atoms with Gasteiger partial charge in [0, 0.05) is 18.7 Å². The summed E-state index contributed by atoms with van der Waals surface area (Å²) in [5, 5.41) is 0.385. The van der Waals surface area contributed by atoms with Crippen LogP contribution in [-0.2, 0) is 14.3 Å². The first-order valence-corrected chi connectivity index (χ1v) is 9.88. The van der Waals surface area contributed by atoms with E-state index in [0.29, 0.717) is 22.1 Å². The molecule has 1 aromatic carbocycles. The Labute approximate surface area is 171 Å². The van der Waals surface area contributed by atoms with Gasteiger partial charge in [-0.1, -0.05) is 11.6 Å². The van der Waals surface area contributed by atoms with Gasteiger partial charge >= 0.3 is 5.97 Å². The zero-order chi connectivity index (χ0) is 20.7. The van der Waals surface area contributed by atoms with Gasteiger partial charge in [-0.15, -0.1) is 0 Å². The molecule has 6 nitrogen and oxygen atoms in total. The van der Waals surface area contributed by atoms with Crippen LogP contribution in [-0.4, -0.2) is 49.2 Å². The molecule has 0 bridgehead atoms. The lowest BCUT2D eigenvalue weighted by Crippen LogP contribution is -2.44. The summed E-state index contributed by atoms with van der Waals surface area (Å²) in [6.45, 7) is 6.27. The number of hydrogen-bond donors (Lipinski definition) is 0. The second-order valence-corrected chi connectivity index (χ2v) is 7.48. The van der Waals surface area contributed by atoms with Crippen LogP contribution in [0.25, 0.3) is 6.08 Å². The van der Waals surface area contributed by atoms with Crippen molar-refractivity contribution in [1.29, 1.82) is 0 Å². The Morgan fingerprint density at radius 2 is 2.07 bits per heavy atom. The predicted octanol–water partition coefficient (Wildman–Crippen LogP) is 4.09. The van der Waals surface area contributed by atoms with Crippen molar-refractivity contribution in [2.75, 3.05) is 20.3 Å². The smallest absolute Gasteiger partial charge is 0.331 e. The molecule has 0 saturated carbocycles. The Kier molecular flexibility index (Phi) is 8.18. The molecule has 0 aliphatic carbocycles. The van der Waals surface area contributed by atoms with Crippen molar-refractivity contribution in [3.63, 3.8) is 0 Å². The van der Waals surface area contributed by atoms with E-state index in [9.17, 15) is 9.59 Å². The fourth-order valence-electron chi connectivity index (χ4n) is 3.08. The summed E-state index contributed by atoms with van der Waals surface area (Å²) in [6.07, 6.45) is 5.87. The number of rotatable bonds is 7. The number of benzene rings is 1. The Morgan fingerprint density at radius 1 is 1.32 bits per heavy atom. The van der Waals surface area contributed by atoms with Gasteiger partial charge in [-0.05, 0) is 63.8 Å². The van der Waals surface area contributed by atoms with Gasteiger partial charge in [-0.25, -0.2) is 4.79 Å². The van der Waals surface area contributed by atoms with Crippen LogP contribution in [0.5, 0.6) is 11.5 Å². The third kappa shape index (κ3) is 6.16. The van der Waals surface area contributed by atoms with E-state index in [4.69, 9.17) is 25.8 Å². The van der Waals surface area contributed by atoms with Crippen molar-refractivity contribution >= 4 is 29.6 Å². The first-order chi connectivity index (χ1) is 13.3. The Morgan fingerprint density at radius 3 is 2.71 bits per heavy atom.